The van der Waals surface area contributed by atoms with Gasteiger partial charge in [-0.2, -0.15) is 0 Å². The molecule has 3 nitrogen and oxygen atoms in total. The van der Waals surface area contributed by atoms with E-state index in [0.29, 0.717) is 5.91 Å². The average molecular weight is 194 g/mol. The fourth-order valence-electron chi connectivity index (χ4n) is 2.95. The number of carbonyl (C=O) groups excluding carboxylic acids is 1. The Hall–Kier alpha value is -0.570. The molecule has 3 aliphatic rings. The summed E-state index contributed by atoms with van der Waals surface area (Å²) < 4.78 is 0. The van der Waals surface area contributed by atoms with Crippen LogP contribution in [-0.4, -0.2) is 35.6 Å². The van der Waals surface area contributed by atoms with Crippen molar-refractivity contribution in [2.45, 2.75) is 32.6 Å². The van der Waals surface area contributed by atoms with Gasteiger partial charge < -0.3 is 0 Å². The Kier molecular flexibility index (Phi) is 1.69. The van der Waals surface area contributed by atoms with Crippen molar-refractivity contribution < 1.29 is 4.79 Å². The first kappa shape index (κ1) is 8.72. The lowest BCUT2D eigenvalue weighted by atomic mass is 9.84. The van der Waals surface area contributed by atoms with Gasteiger partial charge in [0, 0.05) is 19.6 Å². The van der Waals surface area contributed by atoms with E-state index in [9.17, 15) is 4.79 Å². The summed E-state index contributed by atoms with van der Waals surface area (Å²) in [4.78, 5) is 12.2. The van der Waals surface area contributed by atoms with Gasteiger partial charge in [-0.25, -0.2) is 5.01 Å². The summed E-state index contributed by atoms with van der Waals surface area (Å²) in [6, 6.07) is 0. The van der Waals surface area contributed by atoms with Gasteiger partial charge in [-0.15, -0.1) is 0 Å². The summed E-state index contributed by atoms with van der Waals surface area (Å²) in [6.07, 6.45) is 4.98. The van der Waals surface area contributed by atoms with Crippen molar-refractivity contribution in [3.63, 3.8) is 0 Å². The van der Waals surface area contributed by atoms with Crippen LogP contribution in [0.1, 0.15) is 32.6 Å². The SMILES string of the molecule is C[C@@]1(CC2CC2)CN2CCCN2C1=O. The Balaban J connectivity index is 1.77. The van der Waals surface area contributed by atoms with E-state index in [-0.39, 0.29) is 5.41 Å². The minimum Gasteiger partial charge on any atom is -0.275 e. The first-order valence-electron chi connectivity index (χ1n) is 5.76. The third-order valence-corrected chi connectivity index (χ3v) is 3.85. The molecule has 14 heavy (non-hydrogen) atoms. The van der Waals surface area contributed by atoms with Crippen LogP contribution in [0.4, 0.5) is 0 Å². The number of carbonyl (C=O) groups is 1. The third kappa shape index (κ3) is 1.18. The van der Waals surface area contributed by atoms with Gasteiger partial charge in [0.1, 0.15) is 0 Å². The highest BCUT2D eigenvalue weighted by molar-refractivity contribution is 5.84. The predicted molar refractivity (Wildman–Crippen MR) is 53.4 cm³/mol. The van der Waals surface area contributed by atoms with E-state index in [0.717, 1.165) is 38.4 Å². The number of fused-ring (bicyclic) bond motifs is 1. The topological polar surface area (TPSA) is 23.6 Å². The minimum absolute atomic E-state index is 0.0540. The molecule has 0 aromatic carbocycles. The largest absolute Gasteiger partial charge is 0.275 e. The maximum absolute atomic E-state index is 12.2. The smallest absolute Gasteiger partial charge is 0.244 e. The van der Waals surface area contributed by atoms with E-state index < -0.39 is 0 Å². The van der Waals surface area contributed by atoms with Crippen LogP contribution in [0.3, 0.4) is 0 Å². The molecule has 3 rings (SSSR count). The number of nitrogens with zero attached hydrogens (tertiary/aromatic N) is 2. The summed E-state index contributed by atoms with van der Waals surface area (Å²) in [5.41, 5.74) is -0.0540. The molecule has 3 heteroatoms. The van der Waals surface area contributed by atoms with Crippen LogP contribution < -0.4 is 0 Å². The second kappa shape index (κ2) is 2.72. The molecule has 1 saturated carbocycles. The van der Waals surface area contributed by atoms with Crippen LogP contribution in [-0.2, 0) is 4.79 Å². The zero-order valence-corrected chi connectivity index (χ0v) is 8.83. The Morgan fingerprint density at radius 1 is 1.43 bits per heavy atom. The van der Waals surface area contributed by atoms with Gasteiger partial charge in [-0.05, 0) is 25.7 Å². The molecule has 0 aromatic heterocycles. The van der Waals surface area contributed by atoms with E-state index in [1.165, 1.54) is 12.8 Å². The molecule has 1 atom stereocenters. The van der Waals surface area contributed by atoms with Crippen molar-refractivity contribution in [2.24, 2.45) is 11.3 Å². The molecule has 1 aliphatic carbocycles. The molecule has 0 bridgehead atoms. The Labute approximate surface area is 85.0 Å². The lowest BCUT2D eigenvalue weighted by Gasteiger charge is -2.20. The van der Waals surface area contributed by atoms with Crippen molar-refractivity contribution in [3.8, 4) is 0 Å². The van der Waals surface area contributed by atoms with Crippen LogP contribution in [0.15, 0.2) is 0 Å². The quantitative estimate of drug-likeness (QED) is 0.660. The highest BCUT2D eigenvalue weighted by Crippen LogP contribution is 2.45. The second-order valence-electron chi connectivity index (χ2n) is 5.38. The zero-order chi connectivity index (χ0) is 9.76. The number of amides is 1. The highest BCUT2D eigenvalue weighted by Gasteiger charge is 2.50. The summed E-state index contributed by atoms with van der Waals surface area (Å²) in [6.45, 7) is 5.18. The number of rotatable bonds is 2. The van der Waals surface area contributed by atoms with Gasteiger partial charge in [-0.1, -0.05) is 12.8 Å². The van der Waals surface area contributed by atoms with Gasteiger partial charge in [-0.3, -0.25) is 9.80 Å². The molecule has 2 heterocycles. The Morgan fingerprint density at radius 3 is 2.86 bits per heavy atom. The normalized spacial score (nSPS) is 38.1. The molecule has 2 aliphatic heterocycles. The van der Waals surface area contributed by atoms with Crippen LogP contribution >= 0.6 is 0 Å². The third-order valence-electron chi connectivity index (χ3n) is 3.85. The molecule has 3 fully saturated rings. The summed E-state index contributed by atoms with van der Waals surface area (Å²) in [7, 11) is 0. The maximum atomic E-state index is 12.2. The molecule has 0 aromatic rings. The molecule has 78 valence electrons. The standard InChI is InChI=1S/C11H18N2O/c1-11(7-9-3-4-9)8-12-5-2-6-13(12)10(11)14/h9H,2-8H2,1H3/t11-/m1/s1. The molecular formula is C11H18N2O. The second-order valence-corrected chi connectivity index (χ2v) is 5.38. The first-order valence-corrected chi connectivity index (χ1v) is 5.76. The van der Waals surface area contributed by atoms with E-state index in [1.54, 1.807) is 0 Å². The van der Waals surface area contributed by atoms with E-state index >= 15 is 0 Å². The lowest BCUT2D eigenvalue weighted by molar-refractivity contribution is -0.139. The Morgan fingerprint density at radius 2 is 2.21 bits per heavy atom. The summed E-state index contributed by atoms with van der Waals surface area (Å²) in [5.74, 6) is 1.24. The molecule has 1 amide bonds. The molecule has 2 saturated heterocycles. The number of hydrazine groups is 1. The minimum atomic E-state index is -0.0540. The van der Waals surface area contributed by atoms with Crippen molar-refractivity contribution in [3.05, 3.63) is 0 Å². The molecule has 0 spiro atoms. The van der Waals surface area contributed by atoms with Crippen molar-refractivity contribution in [1.82, 2.24) is 10.0 Å². The van der Waals surface area contributed by atoms with Gasteiger partial charge in [0.25, 0.3) is 0 Å². The Bertz CT molecular complexity index is 274. The van der Waals surface area contributed by atoms with Crippen LogP contribution in [0.2, 0.25) is 0 Å². The predicted octanol–water partition coefficient (Wildman–Crippen LogP) is 1.26. The van der Waals surface area contributed by atoms with Gasteiger partial charge in [0.05, 0.1) is 5.41 Å². The molecule has 0 N–H and O–H groups in total. The van der Waals surface area contributed by atoms with Gasteiger partial charge >= 0.3 is 0 Å². The van der Waals surface area contributed by atoms with Crippen molar-refractivity contribution in [1.29, 1.82) is 0 Å². The number of hydrogen-bond donors (Lipinski definition) is 0. The molecule has 0 unspecified atom stereocenters. The van der Waals surface area contributed by atoms with E-state index in [2.05, 4.69) is 11.9 Å². The monoisotopic (exact) mass is 194 g/mol. The molecular weight excluding hydrogens is 176 g/mol. The van der Waals surface area contributed by atoms with Crippen LogP contribution in [0, 0.1) is 11.3 Å². The maximum Gasteiger partial charge on any atom is 0.244 e. The van der Waals surface area contributed by atoms with E-state index in [4.69, 9.17) is 0 Å². The first-order chi connectivity index (χ1) is 6.69. The van der Waals surface area contributed by atoms with Crippen LogP contribution in [0.25, 0.3) is 0 Å². The lowest BCUT2D eigenvalue weighted by Crippen LogP contribution is -2.34. The summed E-state index contributed by atoms with van der Waals surface area (Å²) in [5, 5.41) is 4.24. The zero-order valence-electron chi connectivity index (χ0n) is 8.83. The van der Waals surface area contributed by atoms with Crippen molar-refractivity contribution >= 4 is 5.91 Å². The number of hydrogen-bond acceptors (Lipinski definition) is 2. The molecule has 0 radical (unpaired) electrons. The van der Waals surface area contributed by atoms with Crippen LogP contribution in [0.5, 0.6) is 0 Å². The van der Waals surface area contributed by atoms with Crippen molar-refractivity contribution in [2.75, 3.05) is 19.6 Å². The summed E-state index contributed by atoms with van der Waals surface area (Å²) >= 11 is 0. The average Bonchev–Trinajstić information content (AvgIpc) is 2.75. The fourth-order valence-corrected chi connectivity index (χ4v) is 2.95. The van der Waals surface area contributed by atoms with Gasteiger partial charge in [0.2, 0.25) is 5.91 Å². The highest BCUT2D eigenvalue weighted by atomic mass is 16.2. The fraction of sp³-hybridized carbons (Fsp3) is 0.909. The van der Waals surface area contributed by atoms with Gasteiger partial charge in [0.15, 0.2) is 0 Å². The van der Waals surface area contributed by atoms with E-state index in [1.807, 2.05) is 5.01 Å².